The monoisotopic (exact) mass is 239 g/mol. The molecule has 0 radical (unpaired) electrons. The quantitative estimate of drug-likeness (QED) is 0.736. The van der Waals surface area contributed by atoms with Crippen LogP contribution < -0.4 is 5.32 Å². The third-order valence-electron chi connectivity index (χ3n) is 3.49. The molecule has 98 valence electrons. The number of rotatable bonds is 7. The Bertz CT molecular complexity index is 277. The van der Waals surface area contributed by atoms with E-state index in [-0.39, 0.29) is 5.91 Å². The first-order valence-electron chi connectivity index (χ1n) is 6.33. The van der Waals surface area contributed by atoms with Gasteiger partial charge < -0.3 is 10.2 Å². The fraction of sp³-hybridized carbons (Fsp3) is 0.846. The van der Waals surface area contributed by atoms with Crippen molar-refractivity contribution < 1.29 is 4.79 Å². The summed E-state index contributed by atoms with van der Waals surface area (Å²) in [6.45, 7) is 9.38. The molecular formula is C13H25N3O. The summed E-state index contributed by atoms with van der Waals surface area (Å²) in [4.78, 5) is 14.1. The lowest BCUT2D eigenvalue weighted by atomic mass is 9.83. The number of hydrogen-bond acceptors (Lipinski definition) is 3. The predicted molar refractivity (Wildman–Crippen MR) is 69.4 cm³/mol. The van der Waals surface area contributed by atoms with Gasteiger partial charge >= 0.3 is 0 Å². The van der Waals surface area contributed by atoms with Gasteiger partial charge in [0.1, 0.15) is 5.41 Å². The molecule has 0 atom stereocenters. The van der Waals surface area contributed by atoms with Crippen molar-refractivity contribution >= 4 is 5.91 Å². The number of likely N-dealkylation sites (N-methyl/N-ethyl adjacent to an activating group) is 1. The minimum Gasteiger partial charge on any atom is -0.353 e. The summed E-state index contributed by atoms with van der Waals surface area (Å²) in [6.07, 6.45) is 1.12. The third-order valence-corrected chi connectivity index (χ3v) is 3.49. The van der Waals surface area contributed by atoms with E-state index < -0.39 is 5.41 Å². The second kappa shape index (κ2) is 7.29. The minimum absolute atomic E-state index is 0.137. The summed E-state index contributed by atoms with van der Waals surface area (Å²) in [5.41, 5.74) is -0.851. The molecule has 0 fully saturated rings. The number of nitriles is 1. The van der Waals surface area contributed by atoms with Crippen LogP contribution in [0.4, 0.5) is 0 Å². The zero-order chi connectivity index (χ0) is 13.5. The number of carbonyl (C=O) groups excluding carboxylic acids is 1. The number of nitrogens with zero attached hydrogens (tertiary/aromatic N) is 2. The Hall–Kier alpha value is -1.08. The van der Waals surface area contributed by atoms with Crippen molar-refractivity contribution in [2.24, 2.45) is 5.41 Å². The highest BCUT2D eigenvalue weighted by atomic mass is 16.2. The molecule has 4 heteroatoms. The molecule has 0 bridgehead atoms. The van der Waals surface area contributed by atoms with Gasteiger partial charge in [0.25, 0.3) is 0 Å². The Balaban J connectivity index is 4.23. The van der Waals surface area contributed by atoms with Crippen molar-refractivity contribution in [1.29, 1.82) is 5.26 Å². The van der Waals surface area contributed by atoms with Gasteiger partial charge in [-0.15, -0.1) is 0 Å². The fourth-order valence-electron chi connectivity index (χ4n) is 1.55. The van der Waals surface area contributed by atoms with Gasteiger partial charge in [-0.1, -0.05) is 13.8 Å². The van der Waals surface area contributed by atoms with Crippen molar-refractivity contribution in [3.05, 3.63) is 0 Å². The highest BCUT2D eigenvalue weighted by Gasteiger charge is 2.34. The summed E-state index contributed by atoms with van der Waals surface area (Å²) in [5, 5.41) is 12.0. The molecule has 4 nitrogen and oxygen atoms in total. The normalized spacial score (nSPS) is 11.6. The van der Waals surface area contributed by atoms with Crippen LogP contribution in [0.2, 0.25) is 0 Å². The van der Waals surface area contributed by atoms with Crippen LogP contribution >= 0.6 is 0 Å². The molecule has 0 aromatic heterocycles. The van der Waals surface area contributed by atoms with E-state index in [0.29, 0.717) is 25.4 Å². The number of carbonyl (C=O) groups is 1. The van der Waals surface area contributed by atoms with Crippen molar-refractivity contribution in [2.45, 2.75) is 46.6 Å². The molecular weight excluding hydrogens is 214 g/mol. The first-order chi connectivity index (χ1) is 7.93. The van der Waals surface area contributed by atoms with Gasteiger partial charge in [0.15, 0.2) is 0 Å². The summed E-state index contributed by atoms with van der Waals surface area (Å²) in [5.74, 6) is -0.137. The maximum Gasteiger partial charge on any atom is 0.240 e. The molecule has 0 aliphatic rings. The Morgan fingerprint density at radius 1 is 1.41 bits per heavy atom. The maximum absolute atomic E-state index is 12.0. The molecule has 0 rings (SSSR count). The van der Waals surface area contributed by atoms with Crippen LogP contribution in [0, 0.1) is 16.7 Å². The van der Waals surface area contributed by atoms with E-state index >= 15 is 0 Å². The molecule has 0 heterocycles. The van der Waals surface area contributed by atoms with Crippen LogP contribution in [-0.2, 0) is 4.79 Å². The van der Waals surface area contributed by atoms with E-state index in [2.05, 4.69) is 30.1 Å². The Morgan fingerprint density at radius 3 is 2.29 bits per heavy atom. The van der Waals surface area contributed by atoms with Crippen molar-refractivity contribution in [3.8, 4) is 6.07 Å². The number of hydrogen-bond donors (Lipinski definition) is 1. The number of amides is 1. The van der Waals surface area contributed by atoms with Crippen molar-refractivity contribution in [2.75, 3.05) is 20.1 Å². The molecule has 1 amide bonds. The molecule has 0 aliphatic carbocycles. The fourth-order valence-corrected chi connectivity index (χ4v) is 1.55. The summed E-state index contributed by atoms with van der Waals surface area (Å²) in [7, 11) is 2.02. The molecule has 0 aromatic rings. The van der Waals surface area contributed by atoms with Gasteiger partial charge in [-0.2, -0.15) is 5.26 Å². The lowest BCUT2D eigenvalue weighted by molar-refractivity contribution is -0.128. The lowest BCUT2D eigenvalue weighted by Crippen LogP contribution is -2.43. The second-order valence-electron chi connectivity index (χ2n) is 4.73. The van der Waals surface area contributed by atoms with Crippen LogP contribution in [0.5, 0.6) is 0 Å². The molecule has 17 heavy (non-hydrogen) atoms. The first kappa shape index (κ1) is 15.9. The van der Waals surface area contributed by atoms with Crippen molar-refractivity contribution in [3.63, 3.8) is 0 Å². The van der Waals surface area contributed by atoms with Gasteiger partial charge in [-0.25, -0.2) is 0 Å². The summed E-state index contributed by atoms with van der Waals surface area (Å²) < 4.78 is 0. The minimum atomic E-state index is -0.851. The van der Waals surface area contributed by atoms with Gasteiger partial charge in [-0.3, -0.25) is 4.79 Å². The van der Waals surface area contributed by atoms with Crippen LogP contribution in [-0.4, -0.2) is 37.0 Å². The highest BCUT2D eigenvalue weighted by molar-refractivity contribution is 5.85. The number of nitrogens with one attached hydrogen (secondary N) is 1. The topological polar surface area (TPSA) is 56.1 Å². The lowest BCUT2D eigenvalue weighted by Gasteiger charge is -2.24. The summed E-state index contributed by atoms with van der Waals surface area (Å²) in [6, 6.07) is 2.61. The average Bonchev–Trinajstić information content (AvgIpc) is 2.31. The largest absolute Gasteiger partial charge is 0.353 e. The van der Waals surface area contributed by atoms with Crippen LogP contribution in [0.15, 0.2) is 0 Å². The predicted octanol–water partition coefficient (Wildman–Crippen LogP) is 1.77. The Labute approximate surface area is 105 Å². The van der Waals surface area contributed by atoms with Crippen molar-refractivity contribution in [1.82, 2.24) is 10.2 Å². The van der Waals surface area contributed by atoms with Gasteiger partial charge in [0.05, 0.1) is 6.07 Å². The summed E-state index contributed by atoms with van der Waals surface area (Å²) >= 11 is 0. The highest BCUT2D eigenvalue weighted by Crippen LogP contribution is 2.25. The first-order valence-corrected chi connectivity index (χ1v) is 6.33. The molecule has 0 saturated carbocycles. The molecule has 0 spiro atoms. The van der Waals surface area contributed by atoms with Gasteiger partial charge in [0, 0.05) is 19.1 Å². The standard InChI is InChI=1S/C13H25N3O/c1-6-13(7-2,10-14)12(17)15-8-9-16(5)11(3)4/h11H,6-9H2,1-5H3,(H,15,17). The van der Waals surface area contributed by atoms with E-state index in [1.54, 1.807) is 0 Å². The second-order valence-corrected chi connectivity index (χ2v) is 4.73. The Kier molecular flexibility index (Phi) is 6.82. The maximum atomic E-state index is 12.0. The average molecular weight is 239 g/mol. The van der Waals surface area contributed by atoms with Crippen LogP contribution in [0.25, 0.3) is 0 Å². The SMILES string of the molecule is CCC(C#N)(CC)C(=O)NCCN(C)C(C)C. The van der Waals surface area contributed by atoms with E-state index in [1.165, 1.54) is 0 Å². The Morgan fingerprint density at radius 2 is 1.94 bits per heavy atom. The molecule has 0 aromatic carbocycles. The van der Waals surface area contributed by atoms with Gasteiger partial charge in [0.2, 0.25) is 5.91 Å². The zero-order valence-corrected chi connectivity index (χ0v) is 11.7. The van der Waals surface area contributed by atoms with Crippen LogP contribution in [0.1, 0.15) is 40.5 Å². The molecule has 1 N–H and O–H groups in total. The van der Waals surface area contributed by atoms with Crippen LogP contribution in [0.3, 0.4) is 0 Å². The molecule has 0 aliphatic heterocycles. The van der Waals surface area contributed by atoms with Gasteiger partial charge in [-0.05, 0) is 33.7 Å². The third kappa shape index (κ3) is 4.35. The molecule has 0 unspecified atom stereocenters. The van der Waals surface area contributed by atoms with E-state index in [0.717, 1.165) is 6.54 Å². The van der Waals surface area contributed by atoms with E-state index in [1.807, 2.05) is 20.9 Å². The molecule has 0 saturated heterocycles. The van der Waals surface area contributed by atoms with E-state index in [4.69, 9.17) is 5.26 Å². The van der Waals surface area contributed by atoms with E-state index in [9.17, 15) is 4.79 Å². The zero-order valence-electron chi connectivity index (χ0n) is 11.7. The smallest absolute Gasteiger partial charge is 0.240 e.